The van der Waals surface area contributed by atoms with E-state index in [-0.39, 0.29) is 12.0 Å². The van der Waals surface area contributed by atoms with E-state index >= 15 is 0 Å². The molecule has 0 aliphatic rings. The Morgan fingerprint density at radius 2 is 2.31 bits per heavy atom. The molecule has 1 atom stereocenters. The summed E-state index contributed by atoms with van der Waals surface area (Å²) in [5.41, 5.74) is 5.40. The molecule has 5 nitrogen and oxygen atoms in total. The maximum atomic E-state index is 11.3. The minimum atomic E-state index is -0.207. The zero-order chi connectivity index (χ0) is 12.2. The summed E-state index contributed by atoms with van der Waals surface area (Å²) < 4.78 is 10.2. The van der Waals surface area contributed by atoms with Crippen LogP contribution in [0.25, 0.3) is 0 Å². The van der Waals surface area contributed by atoms with Crippen LogP contribution in [-0.4, -0.2) is 45.4 Å². The molecule has 1 amide bonds. The predicted molar refractivity (Wildman–Crippen MR) is 63.1 cm³/mol. The van der Waals surface area contributed by atoms with Crippen molar-refractivity contribution in [3.63, 3.8) is 0 Å². The third-order valence-corrected chi connectivity index (χ3v) is 2.04. The third kappa shape index (κ3) is 8.40. The summed E-state index contributed by atoms with van der Waals surface area (Å²) >= 11 is 0. The largest absolute Gasteiger partial charge is 0.380 e. The number of hydrogen-bond acceptors (Lipinski definition) is 4. The number of carbonyl (C=O) groups excluding carboxylic acids is 1. The van der Waals surface area contributed by atoms with Crippen LogP contribution in [0.2, 0.25) is 0 Å². The van der Waals surface area contributed by atoms with Gasteiger partial charge in [-0.1, -0.05) is 6.08 Å². The van der Waals surface area contributed by atoms with Gasteiger partial charge in [-0.25, -0.2) is 0 Å². The van der Waals surface area contributed by atoms with E-state index in [9.17, 15) is 4.79 Å². The van der Waals surface area contributed by atoms with Crippen molar-refractivity contribution >= 4 is 5.91 Å². The lowest BCUT2D eigenvalue weighted by Crippen LogP contribution is -2.33. The molecule has 0 radical (unpaired) electrons. The van der Waals surface area contributed by atoms with E-state index in [1.165, 1.54) is 0 Å². The molecule has 0 aliphatic carbocycles. The van der Waals surface area contributed by atoms with Gasteiger partial charge in [0.15, 0.2) is 0 Å². The van der Waals surface area contributed by atoms with E-state index < -0.39 is 0 Å². The SMILES string of the molecule is C=CCCOCCNC(=O)CC(CN)OC. The zero-order valence-corrected chi connectivity index (χ0v) is 9.91. The van der Waals surface area contributed by atoms with Crippen molar-refractivity contribution in [2.45, 2.75) is 18.9 Å². The molecule has 0 heterocycles. The van der Waals surface area contributed by atoms with Gasteiger partial charge < -0.3 is 20.5 Å². The van der Waals surface area contributed by atoms with Crippen LogP contribution < -0.4 is 11.1 Å². The second kappa shape index (κ2) is 10.6. The molecule has 3 N–H and O–H groups in total. The topological polar surface area (TPSA) is 73.6 Å². The Hall–Kier alpha value is -0.910. The van der Waals surface area contributed by atoms with Gasteiger partial charge >= 0.3 is 0 Å². The van der Waals surface area contributed by atoms with Crippen molar-refractivity contribution in [2.24, 2.45) is 5.73 Å². The summed E-state index contributed by atoms with van der Waals surface area (Å²) in [7, 11) is 1.54. The first-order valence-electron chi connectivity index (χ1n) is 5.42. The van der Waals surface area contributed by atoms with E-state index in [0.29, 0.717) is 32.7 Å². The monoisotopic (exact) mass is 230 g/mol. The fourth-order valence-corrected chi connectivity index (χ4v) is 1.07. The fraction of sp³-hybridized carbons (Fsp3) is 0.727. The van der Waals surface area contributed by atoms with E-state index in [1.807, 2.05) is 0 Å². The number of ether oxygens (including phenoxy) is 2. The van der Waals surface area contributed by atoms with Crippen LogP contribution in [0.1, 0.15) is 12.8 Å². The standard InChI is InChI=1S/C11H22N2O3/c1-3-4-6-16-7-5-13-11(14)8-10(9-12)15-2/h3,10H,1,4-9,12H2,2H3,(H,13,14). The Labute approximate surface area is 97.0 Å². The summed E-state index contributed by atoms with van der Waals surface area (Å²) in [5, 5.41) is 2.73. The van der Waals surface area contributed by atoms with E-state index in [1.54, 1.807) is 13.2 Å². The lowest BCUT2D eigenvalue weighted by molar-refractivity contribution is -0.123. The van der Waals surface area contributed by atoms with Crippen LogP contribution >= 0.6 is 0 Å². The molecule has 0 aromatic heterocycles. The lowest BCUT2D eigenvalue weighted by Gasteiger charge is -2.12. The molecule has 0 aliphatic heterocycles. The van der Waals surface area contributed by atoms with Crippen LogP contribution in [0.4, 0.5) is 0 Å². The van der Waals surface area contributed by atoms with Crippen LogP contribution in [0, 0.1) is 0 Å². The third-order valence-electron chi connectivity index (χ3n) is 2.04. The fourth-order valence-electron chi connectivity index (χ4n) is 1.07. The first kappa shape index (κ1) is 15.1. The normalized spacial score (nSPS) is 12.1. The van der Waals surface area contributed by atoms with Gasteiger partial charge in [0.05, 0.1) is 25.7 Å². The Bertz CT molecular complexity index is 194. The molecule has 0 aromatic carbocycles. The molecule has 0 spiro atoms. The Balaban J connectivity index is 3.39. The van der Waals surface area contributed by atoms with Gasteiger partial charge in [-0.3, -0.25) is 4.79 Å². The molecule has 94 valence electrons. The Kier molecular flexibility index (Phi) is 10.00. The van der Waals surface area contributed by atoms with Crippen molar-refractivity contribution in [1.82, 2.24) is 5.32 Å². The minimum absolute atomic E-state index is 0.0652. The summed E-state index contributed by atoms with van der Waals surface area (Å²) in [6.07, 6.45) is 2.71. The predicted octanol–water partition coefficient (Wildman–Crippen LogP) is 0.0591. The first-order valence-corrected chi connectivity index (χ1v) is 5.42. The number of nitrogens with two attached hydrogens (primary N) is 1. The molecule has 0 aromatic rings. The molecule has 0 saturated heterocycles. The zero-order valence-electron chi connectivity index (χ0n) is 9.91. The molecule has 5 heteroatoms. The summed E-state index contributed by atoms with van der Waals surface area (Å²) in [4.78, 5) is 11.3. The van der Waals surface area contributed by atoms with Crippen LogP contribution in [0.5, 0.6) is 0 Å². The highest BCUT2D eigenvalue weighted by atomic mass is 16.5. The average Bonchev–Trinajstić information content (AvgIpc) is 2.30. The molecule has 0 saturated carbocycles. The highest BCUT2D eigenvalue weighted by molar-refractivity contribution is 5.76. The van der Waals surface area contributed by atoms with Crippen molar-refractivity contribution < 1.29 is 14.3 Å². The summed E-state index contributed by atoms with van der Waals surface area (Å²) in [6.45, 7) is 5.60. The second-order valence-electron chi connectivity index (χ2n) is 3.34. The average molecular weight is 230 g/mol. The number of rotatable bonds is 10. The van der Waals surface area contributed by atoms with Gasteiger partial charge in [0.25, 0.3) is 0 Å². The van der Waals surface area contributed by atoms with Crippen LogP contribution in [-0.2, 0) is 14.3 Å². The molecular weight excluding hydrogens is 208 g/mol. The van der Waals surface area contributed by atoms with Crippen molar-refractivity contribution in [3.8, 4) is 0 Å². The number of methoxy groups -OCH3 is 1. The Morgan fingerprint density at radius 3 is 2.88 bits per heavy atom. The van der Waals surface area contributed by atoms with Gasteiger partial charge in [0.1, 0.15) is 0 Å². The molecule has 16 heavy (non-hydrogen) atoms. The first-order chi connectivity index (χ1) is 7.74. The number of amides is 1. The number of hydrogen-bond donors (Lipinski definition) is 2. The summed E-state index contributed by atoms with van der Waals surface area (Å²) in [6, 6.07) is 0. The van der Waals surface area contributed by atoms with Gasteiger partial charge in [0.2, 0.25) is 5.91 Å². The van der Waals surface area contributed by atoms with Crippen molar-refractivity contribution in [1.29, 1.82) is 0 Å². The van der Waals surface area contributed by atoms with Crippen molar-refractivity contribution in [2.75, 3.05) is 33.4 Å². The minimum Gasteiger partial charge on any atom is -0.380 e. The van der Waals surface area contributed by atoms with E-state index in [2.05, 4.69) is 11.9 Å². The molecule has 0 rings (SSSR count). The number of nitrogens with one attached hydrogen (secondary N) is 1. The molecular formula is C11H22N2O3. The van der Waals surface area contributed by atoms with E-state index in [4.69, 9.17) is 15.2 Å². The van der Waals surface area contributed by atoms with Crippen LogP contribution in [0.15, 0.2) is 12.7 Å². The number of carbonyl (C=O) groups is 1. The molecule has 0 fully saturated rings. The van der Waals surface area contributed by atoms with Gasteiger partial charge in [-0.15, -0.1) is 6.58 Å². The van der Waals surface area contributed by atoms with Gasteiger partial charge in [-0.05, 0) is 6.42 Å². The second-order valence-corrected chi connectivity index (χ2v) is 3.34. The maximum Gasteiger partial charge on any atom is 0.222 e. The highest BCUT2D eigenvalue weighted by Gasteiger charge is 2.10. The highest BCUT2D eigenvalue weighted by Crippen LogP contribution is 1.93. The maximum absolute atomic E-state index is 11.3. The lowest BCUT2D eigenvalue weighted by atomic mass is 10.2. The van der Waals surface area contributed by atoms with Crippen molar-refractivity contribution in [3.05, 3.63) is 12.7 Å². The molecule has 0 bridgehead atoms. The van der Waals surface area contributed by atoms with Gasteiger partial charge in [-0.2, -0.15) is 0 Å². The van der Waals surface area contributed by atoms with E-state index in [0.717, 1.165) is 6.42 Å². The van der Waals surface area contributed by atoms with Crippen LogP contribution in [0.3, 0.4) is 0 Å². The summed E-state index contributed by atoms with van der Waals surface area (Å²) in [5.74, 6) is -0.0652. The Morgan fingerprint density at radius 1 is 1.56 bits per heavy atom. The smallest absolute Gasteiger partial charge is 0.222 e. The van der Waals surface area contributed by atoms with Gasteiger partial charge in [0, 0.05) is 20.2 Å². The molecule has 1 unspecified atom stereocenters. The quantitative estimate of drug-likeness (QED) is 0.411.